The molecule has 0 aromatic carbocycles. The van der Waals surface area contributed by atoms with E-state index in [1.807, 2.05) is 24.7 Å². The average Bonchev–Trinajstić information content (AvgIpc) is 2.75. The van der Waals surface area contributed by atoms with Crippen LogP contribution in [0.4, 0.5) is 0 Å². The summed E-state index contributed by atoms with van der Waals surface area (Å²) >= 11 is 1.70. The third-order valence-electron chi connectivity index (χ3n) is 5.63. The zero-order chi connectivity index (χ0) is 18.5. The first kappa shape index (κ1) is 18.8. The van der Waals surface area contributed by atoms with Crippen LogP contribution in [0.15, 0.2) is 35.9 Å². The van der Waals surface area contributed by atoms with E-state index >= 15 is 0 Å². The Kier molecular flexibility index (Phi) is 6.37. The van der Waals surface area contributed by atoms with Crippen LogP contribution in [0.1, 0.15) is 48.4 Å². The number of aryl methyl sites for hydroxylation is 1. The maximum atomic E-state index is 5.55. The molecule has 0 saturated carbocycles. The molecule has 2 aliphatic rings. The van der Waals surface area contributed by atoms with Crippen molar-refractivity contribution in [1.29, 1.82) is 0 Å². The highest BCUT2D eigenvalue weighted by molar-refractivity contribution is 7.98. The van der Waals surface area contributed by atoms with Crippen molar-refractivity contribution in [2.75, 3.05) is 26.3 Å². The average molecular weight is 385 g/mol. The zero-order valence-corrected chi connectivity index (χ0v) is 16.8. The highest BCUT2D eigenvalue weighted by Gasteiger charge is 2.29. The van der Waals surface area contributed by atoms with E-state index < -0.39 is 0 Å². The maximum absolute atomic E-state index is 5.55. The quantitative estimate of drug-likeness (QED) is 0.577. The molecule has 0 unspecified atom stereocenters. The largest absolute Gasteiger partial charge is 0.381 e. The predicted molar refractivity (Wildman–Crippen MR) is 108 cm³/mol. The van der Waals surface area contributed by atoms with Crippen molar-refractivity contribution < 1.29 is 4.74 Å². The van der Waals surface area contributed by atoms with Gasteiger partial charge in [0.05, 0.1) is 5.69 Å². The van der Waals surface area contributed by atoms with Gasteiger partial charge in [0.15, 0.2) is 5.16 Å². The Bertz CT molecular complexity index is 736. The van der Waals surface area contributed by atoms with Gasteiger partial charge in [0, 0.05) is 56.1 Å². The lowest BCUT2D eigenvalue weighted by atomic mass is 9.90. The normalized spacial score (nSPS) is 22.0. The van der Waals surface area contributed by atoms with Crippen molar-refractivity contribution in [3.63, 3.8) is 0 Å². The molecule has 4 rings (SSSR count). The summed E-state index contributed by atoms with van der Waals surface area (Å²) < 4.78 is 5.55. The first-order valence-electron chi connectivity index (χ1n) is 9.96. The summed E-state index contributed by atoms with van der Waals surface area (Å²) in [6.07, 6.45) is 10.5. The lowest BCUT2D eigenvalue weighted by Gasteiger charge is -2.40. The Morgan fingerprint density at radius 1 is 1.22 bits per heavy atom. The third-order valence-corrected chi connectivity index (χ3v) is 6.56. The SMILES string of the molecule is Cc1cnc(SCc2cccnc2)nc1[C@@H]1CCCN(C2CCOCC2)C1. The van der Waals surface area contributed by atoms with Crippen LogP contribution in [0.5, 0.6) is 0 Å². The molecule has 0 bridgehead atoms. The summed E-state index contributed by atoms with van der Waals surface area (Å²) in [7, 11) is 0. The van der Waals surface area contributed by atoms with E-state index in [2.05, 4.69) is 27.9 Å². The molecule has 1 atom stereocenters. The number of likely N-dealkylation sites (tertiary alicyclic amines) is 1. The number of aromatic nitrogens is 3. The van der Waals surface area contributed by atoms with Crippen LogP contribution in [0, 0.1) is 6.92 Å². The fourth-order valence-corrected chi connectivity index (χ4v) is 4.92. The molecule has 6 heteroatoms. The molecule has 0 spiro atoms. The summed E-state index contributed by atoms with van der Waals surface area (Å²) in [4.78, 5) is 16.4. The minimum absolute atomic E-state index is 0.516. The zero-order valence-electron chi connectivity index (χ0n) is 16.0. The van der Waals surface area contributed by atoms with Gasteiger partial charge < -0.3 is 4.74 Å². The van der Waals surface area contributed by atoms with Gasteiger partial charge in [-0.15, -0.1) is 0 Å². The van der Waals surface area contributed by atoms with Gasteiger partial charge in [0.2, 0.25) is 0 Å². The van der Waals surface area contributed by atoms with Crippen LogP contribution in [0.3, 0.4) is 0 Å². The van der Waals surface area contributed by atoms with E-state index in [0.717, 1.165) is 30.7 Å². The van der Waals surface area contributed by atoms with E-state index in [9.17, 15) is 0 Å². The van der Waals surface area contributed by atoms with Crippen molar-refractivity contribution in [2.45, 2.75) is 55.5 Å². The van der Waals surface area contributed by atoms with Gasteiger partial charge in [0.1, 0.15) is 0 Å². The molecule has 0 N–H and O–H groups in total. The molecule has 2 aromatic rings. The van der Waals surface area contributed by atoms with E-state index in [0.29, 0.717) is 12.0 Å². The van der Waals surface area contributed by atoms with Crippen LogP contribution in [-0.4, -0.2) is 52.2 Å². The Morgan fingerprint density at radius 3 is 2.93 bits per heavy atom. The highest BCUT2D eigenvalue weighted by Crippen LogP contribution is 2.31. The van der Waals surface area contributed by atoms with Gasteiger partial charge in [-0.3, -0.25) is 9.88 Å². The van der Waals surface area contributed by atoms with Crippen LogP contribution in [0.25, 0.3) is 0 Å². The summed E-state index contributed by atoms with van der Waals surface area (Å²) in [5, 5.41) is 0.877. The van der Waals surface area contributed by atoms with Crippen molar-refractivity contribution in [2.24, 2.45) is 0 Å². The molecule has 144 valence electrons. The summed E-state index contributed by atoms with van der Waals surface area (Å²) in [6, 6.07) is 4.76. The number of hydrogen-bond acceptors (Lipinski definition) is 6. The summed E-state index contributed by atoms with van der Waals surface area (Å²) in [6.45, 7) is 6.31. The summed E-state index contributed by atoms with van der Waals surface area (Å²) in [5.74, 6) is 1.37. The molecular formula is C21H28N4OS. The Balaban J connectivity index is 1.44. The van der Waals surface area contributed by atoms with E-state index in [-0.39, 0.29) is 0 Å². The molecular weight excluding hydrogens is 356 g/mol. The van der Waals surface area contributed by atoms with E-state index in [1.165, 1.54) is 49.0 Å². The van der Waals surface area contributed by atoms with E-state index in [4.69, 9.17) is 9.72 Å². The lowest BCUT2D eigenvalue weighted by molar-refractivity contribution is 0.0237. The lowest BCUT2D eigenvalue weighted by Crippen LogP contribution is -2.44. The van der Waals surface area contributed by atoms with E-state index in [1.54, 1.807) is 11.8 Å². The minimum Gasteiger partial charge on any atom is -0.381 e. The topological polar surface area (TPSA) is 51.1 Å². The third kappa shape index (κ3) is 4.86. The maximum Gasteiger partial charge on any atom is 0.188 e. The first-order chi connectivity index (χ1) is 13.3. The second kappa shape index (κ2) is 9.13. The Morgan fingerprint density at radius 2 is 2.11 bits per heavy atom. The van der Waals surface area contributed by atoms with Gasteiger partial charge in [-0.1, -0.05) is 17.8 Å². The smallest absolute Gasteiger partial charge is 0.188 e. The monoisotopic (exact) mass is 384 g/mol. The number of nitrogens with zero attached hydrogens (tertiary/aromatic N) is 4. The first-order valence-corrected chi connectivity index (χ1v) is 10.9. The Labute approximate surface area is 166 Å². The summed E-state index contributed by atoms with van der Waals surface area (Å²) in [5.41, 5.74) is 3.67. The number of pyridine rings is 1. The highest BCUT2D eigenvalue weighted by atomic mass is 32.2. The predicted octanol–water partition coefficient (Wildman–Crippen LogP) is 3.83. The second-order valence-corrected chi connectivity index (χ2v) is 8.49. The standard InChI is InChI=1S/C21H28N4OS/c1-16-12-23-21(27-15-17-4-2-8-22-13-17)24-20(16)18-5-3-9-25(14-18)19-6-10-26-11-7-19/h2,4,8,12-13,18-19H,3,5-7,9-11,14-15H2,1H3/t18-/m1/s1. The number of rotatable bonds is 5. The fraction of sp³-hybridized carbons (Fsp3) is 0.571. The van der Waals surface area contributed by atoms with Crippen LogP contribution >= 0.6 is 11.8 Å². The van der Waals surface area contributed by atoms with Gasteiger partial charge in [-0.2, -0.15) is 0 Å². The van der Waals surface area contributed by atoms with Crippen molar-refractivity contribution in [3.8, 4) is 0 Å². The molecule has 27 heavy (non-hydrogen) atoms. The van der Waals surface area contributed by atoms with Crippen molar-refractivity contribution in [3.05, 3.63) is 47.5 Å². The molecule has 0 aliphatic carbocycles. The molecule has 0 amide bonds. The molecule has 2 aliphatic heterocycles. The molecule has 0 radical (unpaired) electrons. The van der Waals surface area contributed by atoms with Gasteiger partial charge in [0.25, 0.3) is 0 Å². The Hall–Kier alpha value is -1.50. The van der Waals surface area contributed by atoms with Crippen LogP contribution in [-0.2, 0) is 10.5 Å². The second-order valence-electron chi connectivity index (χ2n) is 7.55. The molecule has 5 nitrogen and oxygen atoms in total. The van der Waals surface area contributed by atoms with Gasteiger partial charge >= 0.3 is 0 Å². The molecule has 4 heterocycles. The van der Waals surface area contributed by atoms with Crippen molar-refractivity contribution in [1.82, 2.24) is 19.9 Å². The molecule has 2 aromatic heterocycles. The number of piperidine rings is 1. The number of ether oxygens (including phenoxy) is 1. The fourth-order valence-electron chi connectivity index (χ4n) is 4.16. The van der Waals surface area contributed by atoms with Crippen LogP contribution in [0.2, 0.25) is 0 Å². The molecule has 2 fully saturated rings. The number of hydrogen-bond donors (Lipinski definition) is 0. The van der Waals surface area contributed by atoms with Gasteiger partial charge in [-0.05, 0) is 56.3 Å². The molecule has 2 saturated heterocycles. The number of thioether (sulfide) groups is 1. The van der Waals surface area contributed by atoms with Crippen molar-refractivity contribution >= 4 is 11.8 Å². The van der Waals surface area contributed by atoms with Gasteiger partial charge in [-0.25, -0.2) is 9.97 Å². The van der Waals surface area contributed by atoms with Crippen LogP contribution < -0.4 is 0 Å². The minimum atomic E-state index is 0.516.